The van der Waals surface area contributed by atoms with E-state index in [1.807, 2.05) is 0 Å². The molecular weight excluding hydrogens is 192 g/mol. The molecule has 0 N–H and O–H groups in total. The van der Waals surface area contributed by atoms with Gasteiger partial charge in [0.15, 0.2) is 11.8 Å². The minimum absolute atomic E-state index is 0.125. The van der Waals surface area contributed by atoms with E-state index < -0.39 is 35.7 Å². The normalized spacial score (nSPS) is 32.0. The Hall–Kier alpha value is -1.72. The highest BCUT2D eigenvalue weighted by Gasteiger charge is 2.46. The zero-order valence-corrected chi connectivity index (χ0v) is 7.02. The molecule has 2 heterocycles. The Morgan fingerprint density at radius 2 is 1.00 bits per heavy atom. The first kappa shape index (κ1) is 8.86. The van der Waals surface area contributed by atoms with Crippen LogP contribution in [0, 0.1) is 11.8 Å². The summed E-state index contributed by atoms with van der Waals surface area (Å²) in [6.45, 7) is 0. The summed E-state index contributed by atoms with van der Waals surface area (Å²) in [5, 5.41) is 0. The van der Waals surface area contributed by atoms with E-state index in [0.29, 0.717) is 0 Å². The molecule has 0 spiro atoms. The highest BCUT2D eigenvalue weighted by atomic mass is 16.6. The van der Waals surface area contributed by atoms with Crippen molar-refractivity contribution in [2.24, 2.45) is 11.8 Å². The van der Waals surface area contributed by atoms with Gasteiger partial charge in [-0.3, -0.25) is 19.2 Å². The Morgan fingerprint density at radius 1 is 0.714 bits per heavy atom. The van der Waals surface area contributed by atoms with Crippen LogP contribution in [-0.4, -0.2) is 23.9 Å². The maximum Gasteiger partial charge on any atom is 0.328 e. The Morgan fingerprint density at radius 3 is 1.29 bits per heavy atom. The third-order valence-electron chi connectivity index (χ3n) is 2.28. The van der Waals surface area contributed by atoms with Crippen LogP contribution in [0.2, 0.25) is 0 Å². The van der Waals surface area contributed by atoms with Gasteiger partial charge in [-0.15, -0.1) is 0 Å². The minimum atomic E-state index is -1.13. The summed E-state index contributed by atoms with van der Waals surface area (Å²) in [4.78, 5) is 44.4. The molecule has 0 unspecified atom stereocenters. The van der Waals surface area contributed by atoms with Crippen molar-refractivity contribution >= 4 is 23.9 Å². The molecular formula is C8H6O6. The van der Waals surface area contributed by atoms with Crippen molar-refractivity contribution in [2.75, 3.05) is 0 Å². The lowest BCUT2D eigenvalue weighted by atomic mass is 9.99. The van der Waals surface area contributed by atoms with Gasteiger partial charge in [0.1, 0.15) is 0 Å². The molecule has 2 aliphatic heterocycles. The molecule has 0 aromatic heterocycles. The Labute approximate surface area is 78.2 Å². The number of esters is 4. The monoisotopic (exact) mass is 198 g/mol. The molecule has 2 saturated heterocycles. The van der Waals surface area contributed by atoms with Crippen molar-refractivity contribution in [3.05, 3.63) is 0 Å². The molecule has 0 amide bonds. The number of hydrogen-bond donors (Lipinski definition) is 0. The first-order chi connectivity index (χ1) is 6.59. The Bertz CT molecular complexity index is 282. The van der Waals surface area contributed by atoms with Gasteiger partial charge < -0.3 is 9.47 Å². The first-order valence-corrected chi connectivity index (χ1v) is 4.10. The molecule has 6 heteroatoms. The zero-order chi connectivity index (χ0) is 10.3. The molecule has 74 valence electrons. The van der Waals surface area contributed by atoms with E-state index >= 15 is 0 Å². The van der Waals surface area contributed by atoms with Gasteiger partial charge in [-0.2, -0.15) is 0 Å². The molecule has 2 aliphatic rings. The standard InChI is InChI=1S/C8H6O6/c9-5-3-1-2-4(7(11)13-5)8(12)14-6(3)10/h3-4H,1-2H2. The zero-order valence-electron chi connectivity index (χ0n) is 7.02. The highest BCUT2D eigenvalue weighted by molar-refractivity contribution is 6.10. The molecule has 0 saturated carbocycles. The van der Waals surface area contributed by atoms with Crippen molar-refractivity contribution in [1.29, 1.82) is 0 Å². The number of hydrogen-bond acceptors (Lipinski definition) is 6. The van der Waals surface area contributed by atoms with Crippen molar-refractivity contribution in [1.82, 2.24) is 0 Å². The van der Waals surface area contributed by atoms with Gasteiger partial charge in [0.05, 0.1) is 0 Å². The van der Waals surface area contributed by atoms with Crippen LogP contribution in [0.3, 0.4) is 0 Å². The lowest BCUT2D eigenvalue weighted by molar-refractivity contribution is -0.178. The van der Waals surface area contributed by atoms with Gasteiger partial charge in [-0.25, -0.2) is 0 Å². The molecule has 0 atom stereocenters. The molecule has 6 nitrogen and oxygen atoms in total. The largest absolute Gasteiger partial charge is 0.392 e. The SMILES string of the molecule is O=C1OC(=O)C2CCC1C(=O)OC2=O. The van der Waals surface area contributed by atoms with Gasteiger partial charge in [0.25, 0.3) is 0 Å². The number of carbonyl (C=O) groups excluding carboxylic acids is 4. The molecule has 14 heavy (non-hydrogen) atoms. The van der Waals surface area contributed by atoms with E-state index in [-0.39, 0.29) is 12.8 Å². The van der Waals surface area contributed by atoms with Gasteiger partial charge in [-0.05, 0) is 12.8 Å². The van der Waals surface area contributed by atoms with Gasteiger partial charge in [0.2, 0.25) is 0 Å². The Balaban J connectivity index is 2.39. The van der Waals surface area contributed by atoms with Gasteiger partial charge >= 0.3 is 23.9 Å². The van der Waals surface area contributed by atoms with Crippen LogP contribution in [0.5, 0.6) is 0 Å². The average Bonchev–Trinajstić information content (AvgIpc) is 2.31. The van der Waals surface area contributed by atoms with Gasteiger partial charge in [0, 0.05) is 0 Å². The second-order valence-electron chi connectivity index (χ2n) is 3.16. The Kier molecular flexibility index (Phi) is 1.83. The lowest BCUT2D eigenvalue weighted by Gasteiger charge is -2.12. The van der Waals surface area contributed by atoms with Crippen LogP contribution in [0.4, 0.5) is 0 Å². The van der Waals surface area contributed by atoms with Crippen LogP contribution in [0.15, 0.2) is 0 Å². The number of fused-ring (bicyclic) bond motifs is 3. The third kappa shape index (κ3) is 1.19. The van der Waals surface area contributed by atoms with Crippen LogP contribution in [-0.2, 0) is 28.7 Å². The topological polar surface area (TPSA) is 86.7 Å². The maximum atomic E-state index is 11.1. The molecule has 2 bridgehead atoms. The van der Waals surface area contributed by atoms with E-state index in [9.17, 15) is 19.2 Å². The maximum absolute atomic E-state index is 11.1. The smallest absolute Gasteiger partial charge is 0.328 e. The first-order valence-electron chi connectivity index (χ1n) is 4.10. The summed E-state index contributed by atoms with van der Waals surface area (Å²) < 4.78 is 8.64. The summed E-state index contributed by atoms with van der Waals surface area (Å²) in [6.07, 6.45) is 0.250. The molecule has 0 aliphatic carbocycles. The highest BCUT2D eigenvalue weighted by Crippen LogP contribution is 2.27. The molecule has 2 fully saturated rings. The number of carbonyl (C=O) groups is 4. The molecule has 2 rings (SSSR count). The summed E-state index contributed by atoms with van der Waals surface area (Å²) in [7, 11) is 0. The summed E-state index contributed by atoms with van der Waals surface area (Å²) in [6, 6.07) is 0. The van der Waals surface area contributed by atoms with Crippen LogP contribution < -0.4 is 0 Å². The number of rotatable bonds is 0. The summed E-state index contributed by atoms with van der Waals surface area (Å²) in [5.74, 6) is -5.94. The van der Waals surface area contributed by atoms with Crippen molar-refractivity contribution in [2.45, 2.75) is 12.8 Å². The van der Waals surface area contributed by atoms with E-state index in [0.717, 1.165) is 0 Å². The van der Waals surface area contributed by atoms with Crippen LogP contribution >= 0.6 is 0 Å². The van der Waals surface area contributed by atoms with Crippen LogP contribution in [0.25, 0.3) is 0 Å². The van der Waals surface area contributed by atoms with Crippen molar-refractivity contribution in [3.8, 4) is 0 Å². The molecule has 0 aromatic carbocycles. The summed E-state index contributed by atoms with van der Waals surface area (Å²) >= 11 is 0. The predicted octanol–water partition coefficient (Wildman–Crippen LogP) is -0.834. The minimum Gasteiger partial charge on any atom is -0.392 e. The lowest BCUT2D eigenvalue weighted by Crippen LogP contribution is -2.35. The predicted molar refractivity (Wildman–Crippen MR) is 38.4 cm³/mol. The average molecular weight is 198 g/mol. The fraction of sp³-hybridized carbons (Fsp3) is 0.500. The number of cyclic esters (lactones) is 4. The molecule has 0 radical (unpaired) electrons. The van der Waals surface area contributed by atoms with E-state index in [1.165, 1.54) is 0 Å². The van der Waals surface area contributed by atoms with E-state index in [1.54, 1.807) is 0 Å². The fourth-order valence-corrected chi connectivity index (χ4v) is 1.48. The van der Waals surface area contributed by atoms with Crippen molar-refractivity contribution in [3.63, 3.8) is 0 Å². The van der Waals surface area contributed by atoms with E-state index in [4.69, 9.17) is 0 Å². The van der Waals surface area contributed by atoms with Crippen molar-refractivity contribution < 1.29 is 28.7 Å². The molecule has 0 aromatic rings. The second kappa shape index (κ2) is 2.90. The second-order valence-corrected chi connectivity index (χ2v) is 3.16. The quantitative estimate of drug-likeness (QED) is 0.372. The van der Waals surface area contributed by atoms with Gasteiger partial charge in [-0.1, -0.05) is 0 Å². The van der Waals surface area contributed by atoms with Crippen LogP contribution in [0.1, 0.15) is 12.8 Å². The third-order valence-corrected chi connectivity index (χ3v) is 2.28. The number of ether oxygens (including phenoxy) is 2. The fourth-order valence-electron chi connectivity index (χ4n) is 1.48. The van der Waals surface area contributed by atoms with E-state index in [2.05, 4.69) is 9.47 Å². The summed E-state index contributed by atoms with van der Waals surface area (Å²) in [5.41, 5.74) is 0.